The van der Waals surface area contributed by atoms with Gasteiger partial charge in [-0.3, -0.25) is 0 Å². The van der Waals surface area contributed by atoms with Gasteiger partial charge in [0.1, 0.15) is 11.9 Å². The van der Waals surface area contributed by atoms with Crippen molar-refractivity contribution in [1.82, 2.24) is 4.31 Å². The third-order valence-electron chi connectivity index (χ3n) is 2.21. The number of benzene rings is 1. The minimum Gasteiger partial charge on any atom is -0.207 e. The minimum absolute atomic E-state index is 0.0743. The van der Waals surface area contributed by atoms with Gasteiger partial charge in [-0.1, -0.05) is 6.92 Å². The van der Waals surface area contributed by atoms with Crippen molar-refractivity contribution < 1.29 is 12.8 Å². The van der Waals surface area contributed by atoms with Crippen molar-refractivity contribution in [3.8, 4) is 6.07 Å². The summed E-state index contributed by atoms with van der Waals surface area (Å²) >= 11 is 0. The van der Waals surface area contributed by atoms with Gasteiger partial charge in [-0.15, -0.1) is 0 Å². The molecule has 0 aromatic heterocycles. The van der Waals surface area contributed by atoms with Gasteiger partial charge in [0.05, 0.1) is 10.5 Å². The summed E-state index contributed by atoms with van der Waals surface area (Å²) in [6.45, 7) is 1.99. The molecule has 0 aliphatic heterocycles. The van der Waals surface area contributed by atoms with Crippen molar-refractivity contribution in [2.45, 2.75) is 11.8 Å². The van der Waals surface area contributed by atoms with Gasteiger partial charge in [0.15, 0.2) is 0 Å². The molecule has 6 heteroatoms. The second-order valence-corrected chi connectivity index (χ2v) is 5.22. The monoisotopic (exact) mass is 242 g/mol. The summed E-state index contributed by atoms with van der Waals surface area (Å²) in [7, 11) is -2.20. The van der Waals surface area contributed by atoms with Crippen LogP contribution in [0.25, 0.3) is 0 Å². The number of nitriles is 1. The normalized spacial score (nSPS) is 11.4. The van der Waals surface area contributed by atoms with Crippen LogP contribution in [-0.2, 0) is 10.0 Å². The van der Waals surface area contributed by atoms with Crippen LogP contribution < -0.4 is 0 Å². The van der Waals surface area contributed by atoms with Crippen molar-refractivity contribution in [2.75, 3.05) is 13.6 Å². The Morgan fingerprint density at radius 1 is 1.50 bits per heavy atom. The first kappa shape index (κ1) is 12.6. The van der Waals surface area contributed by atoms with Crippen LogP contribution in [0.5, 0.6) is 0 Å². The van der Waals surface area contributed by atoms with Crippen LogP contribution in [0.15, 0.2) is 23.1 Å². The highest BCUT2D eigenvalue weighted by molar-refractivity contribution is 7.89. The van der Waals surface area contributed by atoms with E-state index in [2.05, 4.69) is 0 Å². The second kappa shape index (κ2) is 4.60. The fourth-order valence-corrected chi connectivity index (χ4v) is 2.31. The maximum absolute atomic E-state index is 13.0. The third-order valence-corrected chi connectivity index (χ3v) is 4.14. The lowest BCUT2D eigenvalue weighted by atomic mass is 10.2. The topological polar surface area (TPSA) is 61.2 Å². The smallest absolute Gasteiger partial charge is 0.207 e. The summed E-state index contributed by atoms with van der Waals surface area (Å²) in [5.74, 6) is -0.722. The zero-order chi connectivity index (χ0) is 12.3. The first-order valence-corrected chi connectivity index (χ1v) is 6.03. The van der Waals surface area contributed by atoms with Crippen LogP contribution in [0.2, 0.25) is 0 Å². The summed E-state index contributed by atoms with van der Waals surface area (Å²) in [5, 5.41) is 8.61. The van der Waals surface area contributed by atoms with E-state index in [1.165, 1.54) is 7.05 Å². The van der Waals surface area contributed by atoms with Crippen LogP contribution in [-0.4, -0.2) is 26.3 Å². The van der Waals surface area contributed by atoms with Crippen LogP contribution in [0.4, 0.5) is 4.39 Å². The Kier molecular flexibility index (Phi) is 3.62. The molecule has 0 atom stereocenters. The molecular weight excluding hydrogens is 231 g/mol. The Labute approximate surface area is 94.0 Å². The Morgan fingerprint density at radius 3 is 2.62 bits per heavy atom. The molecule has 0 aliphatic carbocycles. The molecule has 0 fully saturated rings. The molecule has 1 aromatic carbocycles. The van der Waals surface area contributed by atoms with Crippen molar-refractivity contribution in [1.29, 1.82) is 5.26 Å². The Balaban J connectivity index is 3.31. The first-order chi connectivity index (χ1) is 7.43. The average Bonchev–Trinajstić information content (AvgIpc) is 2.28. The second-order valence-electron chi connectivity index (χ2n) is 3.17. The van der Waals surface area contributed by atoms with Gasteiger partial charge < -0.3 is 0 Å². The lowest BCUT2D eigenvalue weighted by Gasteiger charge is -2.14. The molecule has 16 heavy (non-hydrogen) atoms. The maximum atomic E-state index is 13.0. The molecule has 0 radical (unpaired) electrons. The van der Waals surface area contributed by atoms with E-state index in [0.29, 0.717) is 6.54 Å². The predicted octanol–water partition coefficient (Wildman–Crippen LogP) is 1.34. The van der Waals surface area contributed by atoms with E-state index in [1.54, 1.807) is 13.0 Å². The number of hydrogen-bond donors (Lipinski definition) is 0. The Morgan fingerprint density at radius 2 is 2.12 bits per heavy atom. The van der Waals surface area contributed by atoms with Gasteiger partial charge in [0.25, 0.3) is 0 Å². The molecule has 1 aromatic rings. The number of rotatable bonds is 3. The summed E-state index contributed by atoms with van der Waals surface area (Å²) < 4.78 is 37.8. The molecule has 0 saturated heterocycles. The average molecular weight is 242 g/mol. The van der Waals surface area contributed by atoms with Gasteiger partial charge >= 0.3 is 0 Å². The molecular formula is C10H11FN2O2S. The highest BCUT2D eigenvalue weighted by atomic mass is 32.2. The molecule has 4 nitrogen and oxygen atoms in total. The summed E-state index contributed by atoms with van der Waals surface area (Å²) in [5.41, 5.74) is -0.273. The highest BCUT2D eigenvalue weighted by Gasteiger charge is 2.20. The standard InChI is InChI=1S/C10H11FN2O2S/c1-3-13(2)16(14,15)9-4-5-10(11)8(6-9)7-12/h4-6H,3H2,1-2H3. The van der Waals surface area contributed by atoms with E-state index < -0.39 is 15.8 Å². The minimum atomic E-state index is -3.62. The van der Waals surface area contributed by atoms with E-state index in [0.717, 1.165) is 22.5 Å². The Hall–Kier alpha value is -1.45. The lowest BCUT2D eigenvalue weighted by molar-refractivity contribution is 0.486. The number of nitrogens with zero attached hydrogens (tertiary/aromatic N) is 2. The summed E-state index contributed by atoms with van der Waals surface area (Å²) in [6, 6.07) is 4.78. The van der Waals surface area contributed by atoms with Gasteiger partial charge in [0.2, 0.25) is 10.0 Å². The molecule has 86 valence electrons. The molecule has 0 bridgehead atoms. The highest BCUT2D eigenvalue weighted by Crippen LogP contribution is 2.17. The van der Waals surface area contributed by atoms with Crippen molar-refractivity contribution in [3.63, 3.8) is 0 Å². The van der Waals surface area contributed by atoms with Gasteiger partial charge in [-0.05, 0) is 18.2 Å². The lowest BCUT2D eigenvalue weighted by Crippen LogP contribution is -2.26. The van der Waals surface area contributed by atoms with Gasteiger partial charge in [-0.25, -0.2) is 17.1 Å². The van der Waals surface area contributed by atoms with Gasteiger partial charge in [-0.2, -0.15) is 5.26 Å². The summed E-state index contributed by atoms with van der Waals surface area (Å²) in [6.07, 6.45) is 0. The van der Waals surface area contributed by atoms with E-state index in [9.17, 15) is 12.8 Å². The largest absolute Gasteiger partial charge is 0.242 e. The first-order valence-electron chi connectivity index (χ1n) is 4.59. The fraction of sp³-hybridized carbons (Fsp3) is 0.300. The van der Waals surface area contributed by atoms with Crippen molar-refractivity contribution in [2.24, 2.45) is 0 Å². The molecule has 0 spiro atoms. The quantitative estimate of drug-likeness (QED) is 0.803. The molecule has 0 heterocycles. The Bertz CT molecular complexity index is 534. The molecule has 0 aliphatic rings. The van der Waals surface area contributed by atoms with Crippen molar-refractivity contribution in [3.05, 3.63) is 29.6 Å². The van der Waals surface area contributed by atoms with Crippen LogP contribution in [0, 0.1) is 17.1 Å². The van der Waals surface area contributed by atoms with Crippen LogP contribution in [0.1, 0.15) is 12.5 Å². The number of hydrogen-bond acceptors (Lipinski definition) is 3. The molecule has 1 rings (SSSR count). The van der Waals surface area contributed by atoms with E-state index in [4.69, 9.17) is 5.26 Å². The van der Waals surface area contributed by atoms with E-state index in [-0.39, 0.29) is 10.5 Å². The number of halogens is 1. The van der Waals surface area contributed by atoms with Crippen molar-refractivity contribution >= 4 is 10.0 Å². The van der Waals surface area contributed by atoms with Gasteiger partial charge in [0, 0.05) is 13.6 Å². The van der Waals surface area contributed by atoms with E-state index >= 15 is 0 Å². The predicted molar refractivity (Wildman–Crippen MR) is 56.6 cm³/mol. The zero-order valence-corrected chi connectivity index (χ0v) is 9.75. The molecule has 0 N–H and O–H groups in total. The zero-order valence-electron chi connectivity index (χ0n) is 8.94. The third kappa shape index (κ3) is 2.21. The SMILES string of the molecule is CCN(C)S(=O)(=O)c1ccc(F)c(C#N)c1. The molecule has 0 saturated carbocycles. The molecule has 0 unspecified atom stereocenters. The number of sulfonamides is 1. The van der Waals surface area contributed by atoms with E-state index in [1.807, 2.05) is 0 Å². The van der Waals surface area contributed by atoms with Crippen LogP contribution in [0.3, 0.4) is 0 Å². The fourth-order valence-electron chi connectivity index (χ4n) is 1.10. The molecule has 0 amide bonds. The van der Waals surface area contributed by atoms with Crippen LogP contribution >= 0.6 is 0 Å². The maximum Gasteiger partial charge on any atom is 0.242 e. The summed E-state index contributed by atoms with van der Waals surface area (Å²) in [4.78, 5) is -0.0743.